The summed E-state index contributed by atoms with van der Waals surface area (Å²) in [7, 11) is 0. The van der Waals surface area contributed by atoms with E-state index in [0.29, 0.717) is 13.0 Å². The van der Waals surface area contributed by atoms with Gasteiger partial charge in [-0.2, -0.15) is 0 Å². The van der Waals surface area contributed by atoms with Crippen molar-refractivity contribution < 1.29 is 19.6 Å². The Morgan fingerprint density at radius 2 is 2.14 bits per heavy atom. The van der Waals surface area contributed by atoms with Gasteiger partial charge in [-0.25, -0.2) is 0 Å². The van der Waals surface area contributed by atoms with Crippen LogP contribution < -0.4 is 10.1 Å². The first kappa shape index (κ1) is 16.9. The van der Waals surface area contributed by atoms with Crippen molar-refractivity contribution >= 4 is 11.6 Å². The number of hydrogen-bond donors (Lipinski definition) is 2. The predicted octanol–water partition coefficient (Wildman–Crippen LogP) is 1.88. The molecule has 0 unspecified atom stereocenters. The van der Waals surface area contributed by atoms with Crippen molar-refractivity contribution in [2.45, 2.75) is 32.7 Å². The van der Waals surface area contributed by atoms with Crippen molar-refractivity contribution in [2.75, 3.05) is 13.2 Å². The highest BCUT2D eigenvalue weighted by atomic mass is 16.6. The number of rotatable bonds is 7. The first-order chi connectivity index (χ1) is 9.82. The van der Waals surface area contributed by atoms with Gasteiger partial charge in [0, 0.05) is 18.2 Å². The summed E-state index contributed by atoms with van der Waals surface area (Å²) in [6.45, 7) is 5.40. The highest BCUT2D eigenvalue weighted by Crippen LogP contribution is 2.29. The third kappa shape index (κ3) is 4.42. The highest BCUT2D eigenvalue weighted by molar-refractivity contribution is 6.01. The van der Waals surface area contributed by atoms with Crippen molar-refractivity contribution in [2.24, 2.45) is 0 Å². The smallest absolute Gasteiger partial charge is 0.285 e. The summed E-state index contributed by atoms with van der Waals surface area (Å²) in [5, 5.41) is 22.8. The highest BCUT2D eigenvalue weighted by Gasteiger charge is 2.29. The molecule has 0 heterocycles. The predicted molar refractivity (Wildman–Crippen MR) is 77.5 cm³/mol. The molecule has 0 aliphatic heterocycles. The molecule has 1 amide bonds. The molecule has 0 aliphatic carbocycles. The lowest BCUT2D eigenvalue weighted by atomic mass is 10.00. The second-order valence-corrected chi connectivity index (χ2v) is 5.15. The first-order valence-corrected chi connectivity index (χ1v) is 6.66. The fraction of sp³-hybridized carbons (Fsp3) is 0.500. The largest absolute Gasteiger partial charge is 0.493 e. The maximum atomic E-state index is 12.4. The van der Waals surface area contributed by atoms with E-state index in [0.717, 1.165) is 0 Å². The van der Waals surface area contributed by atoms with Crippen LogP contribution in [0.25, 0.3) is 0 Å². The van der Waals surface area contributed by atoms with Crippen LogP contribution >= 0.6 is 0 Å². The number of nitro groups is 1. The number of carbonyl (C=O) groups excluding carboxylic acids is 1. The van der Waals surface area contributed by atoms with Crippen LogP contribution in [0, 0.1) is 10.1 Å². The van der Waals surface area contributed by atoms with Gasteiger partial charge >= 0.3 is 0 Å². The molecule has 1 rings (SSSR count). The second-order valence-electron chi connectivity index (χ2n) is 5.15. The monoisotopic (exact) mass is 296 g/mol. The van der Waals surface area contributed by atoms with Crippen molar-refractivity contribution in [1.82, 2.24) is 5.32 Å². The van der Waals surface area contributed by atoms with E-state index in [1.807, 2.05) is 0 Å². The van der Waals surface area contributed by atoms with Crippen LogP contribution in [0.5, 0.6) is 5.75 Å². The normalized spacial score (nSPS) is 11.0. The minimum atomic E-state index is -0.682. The van der Waals surface area contributed by atoms with Crippen molar-refractivity contribution in [1.29, 1.82) is 0 Å². The molecule has 0 aliphatic rings. The Morgan fingerprint density at radius 3 is 2.67 bits per heavy atom. The van der Waals surface area contributed by atoms with Crippen LogP contribution in [0.2, 0.25) is 0 Å². The molecule has 7 heteroatoms. The third-order valence-corrected chi connectivity index (χ3v) is 2.92. The molecule has 21 heavy (non-hydrogen) atoms. The van der Waals surface area contributed by atoms with E-state index in [9.17, 15) is 14.9 Å². The van der Waals surface area contributed by atoms with Gasteiger partial charge in [-0.05, 0) is 33.3 Å². The number of amides is 1. The van der Waals surface area contributed by atoms with E-state index in [-0.39, 0.29) is 23.6 Å². The van der Waals surface area contributed by atoms with Crippen LogP contribution in [0.15, 0.2) is 18.2 Å². The summed E-state index contributed by atoms with van der Waals surface area (Å²) in [6.07, 6.45) is 0.337. The number of aliphatic hydroxyl groups excluding tert-OH is 1. The number of carbonyl (C=O) groups is 1. The minimum Gasteiger partial charge on any atom is -0.493 e. The summed E-state index contributed by atoms with van der Waals surface area (Å²) in [5.74, 6) is -0.423. The average Bonchev–Trinajstić information content (AvgIpc) is 2.37. The van der Waals surface area contributed by atoms with Crippen LogP contribution in [0.3, 0.4) is 0 Å². The molecule has 0 bridgehead atoms. The van der Waals surface area contributed by atoms with Gasteiger partial charge in [-0.15, -0.1) is 0 Å². The summed E-state index contributed by atoms with van der Waals surface area (Å²) in [5.41, 5.74) is -1.09. The molecule has 0 radical (unpaired) electrons. The fourth-order valence-corrected chi connectivity index (χ4v) is 1.89. The Balaban J connectivity index is 3.19. The molecule has 0 aromatic heterocycles. The van der Waals surface area contributed by atoms with Crippen molar-refractivity contribution in [3.63, 3.8) is 0 Å². The van der Waals surface area contributed by atoms with E-state index in [1.54, 1.807) is 20.8 Å². The Labute approximate surface area is 123 Å². The lowest BCUT2D eigenvalue weighted by Gasteiger charge is -2.25. The molecule has 7 nitrogen and oxygen atoms in total. The standard InChI is InChI=1S/C14H20N2O5/c1-4-21-11-7-5-6-10(16(19)20)12(11)13(18)15-14(2,3)8-9-17/h5-7,17H,4,8-9H2,1-3H3,(H,15,18). The Bertz CT molecular complexity index is 528. The topological polar surface area (TPSA) is 102 Å². The molecular weight excluding hydrogens is 276 g/mol. The van der Waals surface area contributed by atoms with Crippen LogP contribution in [-0.2, 0) is 0 Å². The molecule has 0 spiro atoms. The summed E-state index contributed by atoms with van der Waals surface area (Å²) in [4.78, 5) is 22.9. The van der Waals surface area contributed by atoms with Gasteiger partial charge in [0.2, 0.25) is 0 Å². The summed E-state index contributed by atoms with van der Waals surface area (Å²) >= 11 is 0. The van der Waals surface area contributed by atoms with E-state index in [1.165, 1.54) is 18.2 Å². The molecule has 0 saturated heterocycles. The fourth-order valence-electron chi connectivity index (χ4n) is 1.89. The van der Waals surface area contributed by atoms with E-state index >= 15 is 0 Å². The lowest BCUT2D eigenvalue weighted by molar-refractivity contribution is -0.385. The lowest BCUT2D eigenvalue weighted by Crippen LogP contribution is -2.44. The molecule has 0 fully saturated rings. The van der Waals surface area contributed by atoms with E-state index < -0.39 is 16.4 Å². The van der Waals surface area contributed by atoms with Gasteiger partial charge in [0.1, 0.15) is 5.75 Å². The van der Waals surface area contributed by atoms with E-state index in [2.05, 4.69) is 5.32 Å². The summed E-state index contributed by atoms with van der Waals surface area (Å²) < 4.78 is 5.31. The van der Waals surface area contributed by atoms with Crippen molar-refractivity contribution in [3.8, 4) is 5.75 Å². The zero-order valence-corrected chi connectivity index (χ0v) is 12.4. The Hall–Kier alpha value is -2.15. The van der Waals surface area contributed by atoms with Gasteiger partial charge in [0.05, 0.1) is 11.5 Å². The summed E-state index contributed by atoms with van der Waals surface area (Å²) in [6, 6.07) is 4.25. The van der Waals surface area contributed by atoms with Crippen LogP contribution in [-0.4, -0.2) is 34.7 Å². The SMILES string of the molecule is CCOc1cccc([N+](=O)[O-])c1C(=O)NC(C)(C)CCO. The van der Waals surface area contributed by atoms with Gasteiger partial charge in [0.15, 0.2) is 5.56 Å². The Kier molecular flexibility index (Phi) is 5.66. The number of nitrogens with zero attached hydrogens (tertiary/aromatic N) is 1. The molecule has 0 atom stereocenters. The number of benzene rings is 1. The van der Waals surface area contributed by atoms with Gasteiger partial charge in [-0.3, -0.25) is 14.9 Å². The number of ether oxygens (including phenoxy) is 1. The number of nitro benzene ring substituents is 1. The van der Waals surface area contributed by atoms with Gasteiger partial charge < -0.3 is 15.2 Å². The maximum absolute atomic E-state index is 12.4. The Morgan fingerprint density at radius 1 is 1.48 bits per heavy atom. The number of nitrogens with one attached hydrogen (secondary N) is 1. The molecule has 0 saturated carbocycles. The minimum absolute atomic E-state index is 0.0948. The molecule has 1 aromatic carbocycles. The van der Waals surface area contributed by atoms with Crippen LogP contribution in [0.1, 0.15) is 37.6 Å². The second kappa shape index (κ2) is 7.03. The number of hydrogen-bond acceptors (Lipinski definition) is 5. The molecule has 1 aromatic rings. The van der Waals surface area contributed by atoms with Crippen molar-refractivity contribution in [3.05, 3.63) is 33.9 Å². The zero-order chi connectivity index (χ0) is 16.0. The maximum Gasteiger partial charge on any atom is 0.285 e. The van der Waals surface area contributed by atoms with E-state index in [4.69, 9.17) is 9.84 Å². The molecule has 2 N–H and O–H groups in total. The quantitative estimate of drug-likeness (QED) is 0.591. The average molecular weight is 296 g/mol. The first-order valence-electron chi connectivity index (χ1n) is 6.66. The van der Waals surface area contributed by atoms with Gasteiger partial charge in [0.25, 0.3) is 11.6 Å². The van der Waals surface area contributed by atoms with Crippen LogP contribution in [0.4, 0.5) is 5.69 Å². The number of aliphatic hydroxyl groups is 1. The molecular formula is C14H20N2O5. The molecule has 116 valence electrons. The zero-order valence-electron chi connectivity index (χ0n) is 12.4. The van der Waals surface area contributed by atoms with Gasteiger partial charge in [-0.1, -0.05) is 6.07 Å². The third-order valence-electron chi connectivity index (χ3n) is 2.92.